The zero-order valence-electron chi connectivity index (χ0n) is 8.91. The van der Waals surface area contributed by atoms with Crippen LogP contribution in [-0.2, 0) is 9.53 Å². The molecule has 0 saturated heterocycles. The van der Waals surface area contributed by atoms with Gasteiger partial charge in [0.2, 0.25) is 0 Å². The first-order valence-corrected chi connectivity index (χ1v) is 4.77. The van der Waals surface area contributed by atoms with Gasteiger partial charge in [0.15, 0.2) is 0 Å². The standard InChI is InChI=1S/C10H20O3/c1-5-7(2)10(12)8(3)6-9(11)13-4/h7-8,10,12H,5-6H2,1-4H3. The molecule has 0 aromatic heterocycles. The maximum atomic E-state index is 10.9. The average Bonchev–Trinajstić information content (AvgIpc) is 2.14. The summed E-state index contributed by atoms with van der Waals surface area (Å²) in [6, 6.07) is 0. The van der Waals surface area contributed by atoms with Crippen LogP contribution < -0.4 is 0 Å². The second-order valence-corrected chi connectivity index (χ2v) is 3.63. The lowest BCUT2D eigenvalue weighted by molar-refractivity contribution is -0.142. The number of esters is 1. The van der Waals surface area contributed by atoms with Crippen molar-refractivity contribution in [2.45, 2.75) is 39.7 Å². The van der Waals surface area contributed by atoms with Gasteiger partial charge < -0.3 is 9.84 Å². The molecular formula is C10H20O3. The van der Waals surface area contributed by atoms with E-state index in [1.807, 2.05) is 20.8 Å². The summed E-state index contributed by atoms with van der Waals surface area (Å²) in [4.78, 5) is 10.9. The normalized spacial score (nSPS) is 17.6. The lowest BCUT2D eigenvalue weighted by atomic mass is 9.90. The Bertz CT molecular complexity index is 156. The topological polar surface area (TPSA) is 46.5 Å². The fourth-order valence-electron chi connectivity index (χ4n) is 1.27. The molecule has 0 aliphatic heterocycles. The molecule has 0 heterocycles. The molecule has 78 valence electrons. The fraction of sp³-hybridized carbons (Fsp3) is 0.900. The van der Waals surface area contributed by atoms with E-state index < -0.39 is 6.10 Å². The minimum absolute atomic E-state index is 0.0256. The van der Waals surface area contributed by atoms with Crippen molar-refractivity contribution in [3.8, 4) is 0 Å². The van der Waals surface area contributed by atoms with Gasteiger partial charge in [0.05, 0.1) is 19.6 Å². The molecule has 3 nitrogen and oxygen atoms in total. The van der Waals surface area contributed by atoms with E-state index in [9.17, 15) is 9.90 Å². The quantitative estimate of drug-likeness (QED) is 0.666. The third-order valence-electron chi connectivity index (χ3n) is 2.53. The van der Waals surface area contributed by atoms with Gasteiger partial charge in [-0.05, 0) is 11.8 Å². The zero-order chi connectivity index (χ0) is 10.4. The van der Waals surface area contributed by atoms with Crippen molar-refractivity contribution in [1.82, 2.24) is 0 Å². The van der Waals surface area contributed by atoms with Crippen LogP contribution >= 0.6 is 0 Å². The highest BCUT2D eigenvalue weighted by atomic mass is 16.5. The number of aliphatic hydroxyl groups excluding tert-OH is 1. The summed E-state index contributed by atoms with van der Waals surface area (Å²) in [5.74, 6) is -0.0445. The Hall–Kier alpha value is -0.570. The minimum atomic E-state index is -0.413. The molecule has 3 unspecified atom stereocenters. The first-order valence-electron chi connectivity index (χ1n) is 4.77. The van der Waals surface area contributed by atoms with E-state index in [0.29, 0.717) is 6.42 Å². The van der Waals surface area contributed by atoms with E-state index in [2.05, 4.69) is 4.74 Å². The van der Waals surface area contributed by atoms with Crippen molar-refractivity contribution in [3.05, 3.63) is 0 Å². The van der Waals surface area contributed by atoms with Crippen molar-refractivity contribution in [2.75, 3.05) is 7.11 Å². The number of hydrogen-bond acceptors (Lipinski definition) is 3. The van der Waals surface area contributed by atoms with Gasteiger partial charge >= 0.3 is 5.97 Å². The lowest BCUT2D eigenvalue weighted by Gasteiger charge is -2.22. The monoisotopic (exact) mass is 188 g/mol. The number of hydrogen-bond donors (Lipinski definition) is 1. The highest BCUT2D eigenvalue weighted by Gasteiger charge is 2.22. The molecule has 13 heavy (non-hydrogen) atoms. The van der Waals surface area contributed by atoms with Crippen molar-refractivity contribution in [2.24, 2.45) is 11.8 Å². The summed E-state index contributed by atoms with van der Waals surface area (Å²) in [7, 11) is 1.37. The van der Waals surface area contributed by atoms with Crippen LogP contribution in [0.2, 0.25) is 0 Å². The molecule has 0 rings (SSSR count). The van der Waals surface area contributed by atoms with Gasteiger partial charge in [-0.15, -0.1) is 0 Å². The number of rotatable bonds is 5. The SMILES string of the molecule is CCC(C)C(O)C(C)CC(=O)OC. The summed E-state index contributed by atoms with van der Waals surface area (Å²) in [5, 5.41) is 9.72. The Morgan fingerprint density at radius 1 is 1.38 bits per heavy atom. The molecule has 0 aromatic carbocycles. The average molecular weight is 188 g/mol. The van der Waals surface area contributed by atoms with Crippen LogP contribution in [0.3, 0.4) is 0 Å². The number of carbonyl (C=O) groups excluding carboxylic acids is 1. The maximum Gasteiger partial charge on any atom is 0.305 e. The van der Waals surface area contributed by atoms with Gasteiger partial charge in [0, 0.05) is 0 Å². The smallest absolute Gasteiger partial charge is 0.305 e. The Labute approximate surface area is 80.1 Å². The van der Waals surface area contributed by atoms with E-state index in [0.717, 1.165) is 6.42 Å². The largest absolute Gasteiger partial charge is 0.469 e. The summed E-state index contributed by atoms with van der Waals surface area (Å²) >= 11 is 0. The molecule has 0 aliphatic carbocycles. The van der Waals surface area contributed by atoms with Crippen LogP contribution in [0, 0.1) is 11.8 Å². The van der Waals surface area contributed by atoms with Gasteiger partial charge in [-0.3, -0.25) is 4.79 Å². The molecule has 0 saturated carbocycles. The van der Waals surface area contributed by atoms with Crippen molar-refractivity contribution >= 4 is 5.97 Å². The molecule has 0 radical (unpaired) electrons. The Kier molecular flexibility index (Phi) is 5.71. The molecular weight excluding hydrogens is 168 g/mol. The van der Waals surface area contributed by atoms with E-state index in [-0.39, 0.29) is 17.8 Å². The van der Waals surface area contributed by atoms with Crippen LogP contribution in [0.4, 0.5) is 0 Å². The Morgan fingerprint density at radius 3 is 2.31 bits per heavy atom. The van der Waals surface area contributed by atoms with Gasteiger partial charge in [0.25, 0.3) is 0 Å². The molecule has 0 fully saturated rings. The van der Waals surface area contributed by atoms with E-state index >= 15 is 0 Å². The number of aliphatic hydroxyl groups is 1. The van der Waals surface area contributed by atoms with Crippen LogP contribution in [0.1, 0.15) is 33.6 Å². The zero-order valence-corrected chi connectivity index (χ0v) is 8.91. The van der Waals surface area contributed by atoms with Crippen LogP contribution in [0.15, 0.2) is 0 Å². The van der Waals surface area contributed by atoms with Crippen LogP contribution in [0.5, 0.6) is 0 Å². The highest BCUT2D eigenvalue weighted by Crippen LogP contribution is 2.18. The predicted molar refractivity (Wildman–Crippen MR) is 51.3 cm³/mol. The molecule has 3 heteroatoms. The van der Waals surface area contributed by atoms with Crippen LogP contribution in [0.25, 0.3) is 0 Å². The van der Waals surface area contributed by atoms with E-state index in [4.69, 9.17) is 0 Å². The summed E-state index contributed by atoms with van der Waals surface area (Å²) < 4.78 is 4.53. The van der Waals surface area contributed by atoms with Gasteiger partial charge in [-0.1, -0.05) is 27.2 Å². The number of carbonyl (C=O) groups is 1. The second kappa shape index (κ2) is 5.97. The molecule has 0 aromatic rings. The van der Waals surface area contributed by atoms with E-state index in [1.165, 1.54) is 7.11 Å². The van der Waals surface area contributed by atoms with Crippen molar-refractivity contribution in [3.63, 3.8) is 0 Å². The Balaban J connectivity index is 3.95. The maximum absolute atomic E-state index is 10.9. The summed E-state index contributed by atoms with van der Waals surface area (Å²) in [6.07, 6.45) is 0.804. The molecule has 3 atom stereocenters. The number of ether oxygens (including phenoxy) is 1. The van der Waals surface area contributed by atoms with Crippen molar-refractivity contribution in [1.29, 1.82) is 0 Å². The molecule has 0 amide bonds. The van der Waals surface area contributed by atoms with Crippen LogP contribution in [-0.4, -0.2) is 24.3 Å². The third kappa shape index (κ3) is 4.27. The molecule has 0 aliphatic rings. The Morgan fingerprint density at radius 2 is 1.92 bits per heavy atom. The van der Waals surface area contributed by atoms with E-state index in [1.54, 1.807) is 0 Å². The third-order valence-corrected chi connectivity index (χ3v) is 2.53. The van der Waals surface area contributed by atoms with Gasteiger partial charge in [-0.2, -0.15) is 0 Å². The van der Waals surface area contributed by atoms with Crippen molar-refractivity contribution < 1.29 is 14.6 Å². The van der Waals surface area contributed by atoms with Gasteiger partial charge in [0.1, 0.15) is 0 Å². The molecule has 0 spiro atoms. The summed E-state index contributed by atoms with van der Waals surface area (Å²) in [5.41, 5.74) is 0. The highest BCUT2D eigenvalue weighted by molar-refractivity contribution is 5.69. The lowest BCUT2D eigenvalue weighted by Crippen LogP contribution is -2.27. The molecule has 1 N–H and O–H groups in total. The predicted octanol–water partition coefficient (Wildman–Crippen LogP) is 1.59. The van der Waals surface area contributed by atoms with Gasteiger partial charge in [-0.25, -0.2) is 0 Å². The first kappa shape index (κ1) is 12.4. The number of methoxy groups -OCH3 is 1. The first-order chi connectivity index (χ1) is 6.02. The molecule has 0 bridgehead atoms. The minimum Gasteiger partial charge on any atom is -0.469 e. The summed E-state index contributed by atoms with van der Waals surface area (Å²) in [6.45, 7) is 5.88. The fourth-order valence-corrected chi connectivity index (χ4v) is 1.27. The second-order valence-electron chi connectivity index (χ2n) is 3.63.